The van der Waals surface area contributed by atoms with E-state index in [4.69, 9.17) is 20.5 Å². The van der Waals surface area contributed by atoms with Crippen molar-refractivity contribution in [1.29, 1.82) is 5.41 Å². The molecule has 0 saturated carbocycles. The SMILES string of the molecule is Cc1c(F)cc(N)c(C=N)c1B1OC(C)(C)C(C)(C)O1. The van der Waals surface area contributed by atoms with Crippen molar-refractivity contribution in [3.63, 3.8) is 0 Å². The fourth-order valence-electron chi connectivity index (χ4n) is 2.23. The van der Waals surface area contributed by atoms with Gasteiger partial charge >= 0.3 is 7.12 Å². The molecule has 3 N–H and O–H groups in total. The van der Waals surface area contributed by atoms with Gasteiger partial charge in [-0.2, -0.15) is 0 Å². The number of nitrogens with two attached hydrogens (primary N) is 1. The lowest BCUT2D eigenvalue weighted by Crippen LogP contribution is -2.41. The second-order valence-corrected chi connectivity index (χ2v) is 6.13. The Morgan fingerprint density at radius 2 is 1.75 bits per heavy atom. The maximum Gasteiger partial charge on any atom is 0.495 e. The topological polar surface area (TPSA) is 68.3 Å². The average molecular weight is 278 g/mol. The van der Waals surface area contributed by atoms with Crippen molar-refractivity contribution in [1.82, 2.24) is 0 Å². The van der Waals surface area contributed by atoms with Crippen LogP contribution in [0.1, 0.15) is 38.8 Å². The Bertz CT molecular complexity index is 557. The first-order valence-electron chi connectivity index (χ1n) is 6.55. The molecule has 1 aromatic carbocycles. The van der Waals surface area contributed by atoms with E-state index in [-0.39, 0.29) is 5.69 Å². The molecule has 4 nitrogen and oxygen atoms in total. The minimum atomic E-state index is -0.727. The summed E-state index contributed by atoms with van der Waals surface area (Å²) in [6, 6.07) is 1.23. The number of hydrogen-bond acceptors (Lipinski definition) is 4. The van der Waals surface area contributed by atoms with Crippen LogP contribution in [0.2, 0.25) is 0 Å². The predicted molar refractivity (Wildman–Crippen MR) is 79.2 cm³/mol. The minimum absolute atomic E-state index is 0.216. The molecule has 1 aromatic rings. The van der Waals surface area contributed by atoms with Crippen molar-refractivity contribution in [3.05, 3.63) is 23.0 Å². The Labute approximate surface area is 119 Å². The molecule has 0 amide bonds. The Balaban J connectivity index is 2.58. The van der Waals surface area contributed by atoms with Gasteiger partial charge in [-0.15, -0.1) is 0 Å². The van der Waals surface area contributed by atoms with E-state index in [2.05, 4.69) is 0 Å². The fourth-order valence-corrected chi connectivity index (χ4v) is 2.23. The summed E-state index contributed by atoms with van der Waals surface area (Å²) in [5.74, 6) is -0.419. The highest BCUT2D eigenvalue weighted by molar-refractivity contribution is 6.64. The van der Waals surface area contributed by atoms with Crippen LogP contribution >= 0.6 is 0 Å². The molecule has 0 radical (unpaired) electrons. The Kier molecular flexibility index (Phi) is 3.43. The standard InChI is InChI=1S/C14H20BFN2O2/c1-8-10(16)6-11(18)9(7-17)12(8)15-19-13(2,3)14(4,5)20-15/h6-7,17H,18H2,1-5H3. The smallest absolute Gasteiger partial charge is 0.399 e. The lowest BCUT2D eigenvalue weighted by Gasteiger charge is -2.32. The summed E-state index contributed by atoms with van der Waals surface area (Å²) in [7, 11) is -0.727. The van der Waals surface area contributed by atoms with E-state index in [1.807, 2.05) is 27.7 Å². The zero-order valence-corrected chi connectivity index (χ0v) is 12.5. The van der Waals surface area contributed by atoms with Gasteiger partial charge in [-0.3, -0.25) is 0 Å². The second-order valence-electron chi connectivity index (χ2n) is 6.13. The summed E-state index contributed by atoms with van der Waals surface area (Å²) in [6.45, 7) is 9.34. The van der Waals surface area contributed by atoms with Gasteiger partial charge in [0.25, 0.3) is 0 Å². The monoisotopic (exact) mass is 278 g/mol. The quantitative estimate of drug-likeness (QED) is 0.494. The van der Waals surface area contributed by atoms with Gasteiger partial charge in [-0.1, -0.05) is 0 Å². The first-order valence-corrected chi connectivity index (χ1v) is 6.55. The molecule has 1 aliphatic heterocycles. The molecule has 20 heavy (non-hydrogen) atoms. The maximum absolute atomic E-state index is 13.9. The zero-order valence-electron chi connectivity index (χ0n) is 12.5. The Morgan fingerprint density at radius 3 is 2.20 bits per heavy atom. The number of nitrogen functional groups attached to an aromatic ring is 1. The van der Waals surface area contributed by atoms with Crippen LogP contribution in [0.25, 0.3) is 0 Å². The highest BCUT2D eigenvalue weighted by Gasteiger charge is 2.52. The number of nitrogens with one attached hydrogen (secondary N) is 1. The Hall–Kier alpha value is -1.40. The summed E-state index contributed by atoms with van der Waals surface area (Å²) in [4.78, 5) is 0. The van der Waals surface area contributed by atoms with E-state index in [0.717, 1.165) is 6.21 Å². The first kappa shape index (κ1) is 15.0. The van der Waals surface area contributed by atoms with E-state index in [1.54, 1.807) is 6.92 Å². The maximum atomic E-state index is 13.9. The van der Waals surface area contributed by atoms with Crippen molar-refractivity contribution >= 4 is 24.5 Å². The van der Waals surface area contributed by atoms with Crippen LogP contribution in [0, 0.1) is 18.2 Å². The number of hydrogen-bond donors (Lipinski definition) is 2. The molecule has 1 fully saturated rings. The van der Waals surface area contributed by atoms with Crippen LogP contribution in [0.3, 0.4) is 0 Å². The van der Waals surface area contributed by atoms with Crippen LogP contribution in [0.5, 0.6) is 0 Å². The highest BCUT2D eigenvalue weighted by atomic mass is 19.1. The molecule has 6 heteroatoms. The van der Waals surface area contributed by atoms with Crippen LogP contribution in [-0.4, -0.2) is 24.5 Å². The van der Waals surface area contributed by atoms with E-state index < -0.39 is 24.1 Å². The molecule has 1 aliphatic rings. The van der Waals surface area contributed by atoms with Gasteiger partial charge < -0.3 is 20.5 Å². The minimum Gasteiger partial charge on any atom is -0.399 e. The van der Waals surface area contributed by atoms with E-state index >= 15 is 0 Å². The van der Waals surface area contributed by atoms with Gasteiger partial charge in [0.2, 0.25) is 0 Å². The molecule has 0 bridgehead atoms. The van der Waals surface area contributed by atoms with Crippen LogP contribution < -0.4 is 11.2 Å². The lowest BCUT2D eigenvalue weighted by atomic mass is 9.72. The number of rotatable bonds is 2. The van der Waals surface area contributed by atoms with Crippen LogP contribution in [0.15, 0.2) is 6.07 Å². The van der Waals surface area contributed by atoms with E-state index in [1.165, 1.54) is 6.07 Å². The largest absolute Gasteiger partial charge is 0.495 e. The summed E-state index contributed by atoms with van der Waals surface area (Å²) in [5.41, 5.74) is 6.31. The molecule has 0 aliphatic carbocycles. The molecule has 2 rings (SSSR count). The highest BCUT2D eigenvalue weighted by Crippen LogP contribution is 2.37. The summed E-state index contributed by atoms with van der Waals surface area (Å²) >= 11 is 0. The third-order valence-electron chi connectivity index (χ3n) is 4.28. The molecule has 0 spiro atoms. The zero-order chi connectivity index (χ0) is 15.3. The normalized spacial score (nSPS) is 20.2. The number of benzene rings is 1. The predicted octanol–water partition coefficient (Wildman–Crippen LogP) is 2.01. The van der Waals surface area contributed by atoms with Gasteiger partial charge in [0.05, 0.1) is 11.2 Å². The van der Waals surface area contributed by atoms with Crippen molar-refractivity contribution in [2.45, 2.75) is 45.8 Å². The first-order chi connectivity index (χ1) is 9.10. The van der Waals surface area contributed by atoms with Gasteiger partial charge in [0.15, 0.2) is 0 Å². The third-order valence-corrected chi connectivity index (χ3v) is 4.28. The third kappa shape index (κ3) is 2.13. The summed E-state index contributed by atoms with van der Waals surface area (Å²) in [5, 5.41) is 7.52. The fraction of sp³-hybridized carbons (Fsp3) is 0.500. The lowest BCUT2D eigenvalue weighted by molar-refractivity contribution is 0.00578. The molecule has 1 heterocycles. The molecule has 108 valence electrons. The second kappa shape index (κ2) is 4.57. The molecule has 0 unspecified atom stereocenters. The van der Waals surface area contributed by atoms with Crippen molar-refractivity contribution < 1.29 is 13.7 Å². The van der Waals surface area contributed by atoms with Crippen LogP contribution in [0.4, 0.5) is 10.1 Å². The molecule has 0 aromatic heterocycles. The average Bonchev–Trinajstić information content (AvgIpc) is 2.52. The van der Waals surface area contributed by atoms with Gasteiger partial charge in [0, 0.05) is 17.5 Å². The summed E-state index contributed by atoms with van der Waals surface area (Å²) in [6.07, 6.45) is 1.11. The molecule has 1 saturated heterocycles. The van der Waals surface area contributed by atoms with Crippen LogP contribution in [-0.2, 0) is 9.31 Å². The van der Waals surface area contributed by atoms with Crippen molar-refractivity contribution in [2.24, 2.45) is 0 Å². The molecular formula is C14H20BFN2O2. The van der Waals surface area contributed by atoms with Gasteiger partial charge in [0.1, 0.15) is 5.82 Å². The molecule has 0 atom stereocenters. The van der Waals surface area contributed by atoms with E-state index in [0.29, 0.717) is 16.6 Å². The summed E-state index contributed by atoms with van der Waals surface area (Å²) < 4.78 is 25.8. The van der Waals surface area contributed by atoms with Gasteiger partial charge in [-0.05, 0) is 51.7 Å². The Morgan fingerprint density at radius 1 is 1.25 bits per heavy atom. The van der Waals surface area contributed by atoms with Gasteiger partial charge in [-0.25, -0.2) is 4.39 Å². The number of anilines is 1. The van der Waals surface area contributed by atoms with E-state index in [9.17, 15) is 4.39 Å². The molecular weight excluding hydrogens is 258 g/mol. The number of halogens is 1. The van der Waals surface area contributed by atoms with Crippen molar-refractivity contribution in [2.75, 3.05) is 5.73 Å². The van der Waals surface area contributed by atoms with Crippen molar-refractivity contribution in [3.8, 4) is 0 Å².